The highest BCUT2D eigenvalue weighted by molar-refractivity contribution is 14.1. The highest BCUT2D eigenvalue weighted by atomic mass is 127. The number of aromatic nitrogens is 4. The molecule has 0 spiro atoms. The van der Waals surface area contributed by atoms with Gasteiger partial charge in [-0.15, -0.1) is 0 Å². The Kier molecular flexibility index (Phi) is 4.15. The fourth-order valence-corrected chi connectivity index (χ4v) is 2.23. The SMILES string of the molecule is CCCc1nc(-c2cnn(CC)c2)[nH]c(=O)c1I. The summed E-state index contributed by atoms with van der Waals surface area (Å²) in [7, 11) is 0. The van der Waals surface area contributed by atoms with Crippen LogP contribution in [0.3, 0.4) is 0 Å². The van der Waals surface area contributed by atoms with Crippen LogP contribution in [0.2, 0.25) is 0 Å². The molecular weight excluding hydrogens is 343 g/mol. The molecule has 18 heavy (non-hydrogen) atoms. The Hall–Kier alpha value is -1.18. The van der Waals surface area contributed by atoms with E-state index in [1.54, 1.807) is 6.20 Å². The van der Waals surface area contributed by atoms with E-state index in [9.17, 15) is 4.79 Å². The van der Waals surface area contributed by atoms with Crippen molar-refractivity contribution in [2.75, 3.05) is 0 Å². The van der Waals surface area contributed by atoms with Gasteiger partial charge in [-0.25, -0.2) is 4.98 Å². The number of H-pyrrole nitrogens is 1. The lowest BCUT2D eigenvalue weighted by Crippen LogP contribution is -2.16. The average molecular weight is 358 g/mol. The van der Waals surface area contributed by atoms with E-state index in [2.05, 4.69) is 22.0 Å². The van der Waals surface area contributed by atoms with Gasteiger partial charge in [-0.05, 0) is 35.9 Å². The maximum atomic E-state index is 11.9. The molecule has 96 valence electrons. The molecule has 5 nitrogen and oxygen atoms in total. The summed E-state index contributed by atoms with van der Waals surface area (Å²) in [5, 5.41) is 4.19. The van der Waals surface area contributed by atoms with Gasteiger partial charge in [-0.1, -0.05) is 13.3 Å². The van der Waals surface area contributed by atoms with Crippen LogP contribution in [0.25, 0.3) is 11.4 Å². The van der Waals surface area contributed by atoms with Gasteiger partial charge in [0, 0.05) is 12.7 Å². The third-order valence-electron chi connectivity index (χ3n) is 2.65. The molecule has 0 unspecified atom stereocenters. The molecule has 0 atom stereocenters. The lowest BCUT2D eigenvalue weighted by molar-refractivity contribution is 0.660. The van der Waals surface area contributed by atoms with E-state index in [1.807, 2.05) is 40.4 Å². The zero-order valence-electron chi connectivity index (χ0n) is 10.4. The second-order valence-corrected chi connectivity index (χ2v) is 5.09. The summed E-state index contributed by atoms with van der Waals surface area (Å²) in [6.45, 7) is 4.90. The van der Waals surface area contributed by atoms with Crippen LogP contribution >= 0.6 is 22.6 Å². The van der Waals surface area contributed by atoms with E-state index in [-0.39, 0.29) is 5.56 Å². The second-order valence-electron chi connectivity index (χ2n) is 4.01. The smallest absolute Gasteiger partial charge is 0.264 e. The quantitative estimate of drug-likeness (QED) is 0.853. The molecule has 6 heteroatoms. The minimum atomic E-state index is -0.0756. The van der Waals surface area contributed by atoms with Gasteiger partial charge in [0.15, 0.2) is 0 Å². The summed E-state index contributed by atoms with van der Waals surface area (Å²) in [4.78, 5) is 19.2. The minimum Gasteiger partial charge on any atom is -0.306 e. The Morgan fingerprint density at radius 2 is 2.22 bits per heavy atom. The largest absolute Gasteiger partial charge is 0.306 e. The van der Waals surface area contributed by atoms with Gasteiger partial charge < -0.3 is 4.98 Å². The van der Waals surface area contributed by atoms with Crippen molar-refractivity contribution >= 4 is 22.6 Å². The molecule has 0 bridgehead atoms. The first-order valence-electron chi connectivity index (χ1n) is 5.97. The Balaban J connectivity index is 2.48. The Morgan fingerprint density at radius 3 is 2.83 bits per heavy atom. The molecular formula is C12H15IN4O. The van der Waals surface area contributed by atoms with Gasteiger partial charge in [-0.3, -0.25) is 9.48 Å². The molecule has 0 aliphatic carbocycles. The Bertz CT molecular complexity index is 602. The predicted octanol–water partition coefficient (Wildman–Crippen LogP) is 2.21. The average Bonchev–Trinajstić information content (AvgIpc) is 2.83. The molecule has 0 aromatic carbocycles. The standard InChI is InChI=1S/C12H15IN4O/c1-3-5-9-10(13)12(18)16-11(15-9)8-6-14-17(4-2)7-8/h6-7H,3-5H2,1-2H3,(H,15,16,18). The monoisotopic (exact) mass is 358 g/mol. The molecule has 0 radical (unpaired) electrons. The van der Waals surface area contributed by atoms with E-state index >= 15 is 0 Å². The summed E-state index contributed by atoms with van der Waals surface area (Å²) in [5.41, 5.74) is 1.64. The van der Waals surface area contributed by atoms with Crippen molar-refractivity contribution in [3.8, 4) is 11.4 Å². The normalized spacial score (nSPS) is 10.8. The Labute approximate surface area is 119 Å². The number of halogens is 1. The van der Waals surface area contributed by atoms with Gasteiger partial charge >= 0.3 is 0 Å². The number of rotatable bonds is 4. The lowest BCUT2D eigenvalue weighted by Gasteiger charge is -2.04. The van der Waals surface area contributed by atoms with Gasteiger partial charge in [0.25, 0.3) is 5.56 Å². The van der Waals surface area contributed by atoms with Crippen LogP contribution in [-0.2, 0) is 13.0 Å². The zero-order valence-corrected chi connectivity index (χ0v) is 12.6. The fourth-order valence-electron chi connectivity index (χ4n) is 1.70. The van der Waals surface area contributed by atoms with Crippen molar-refractivity contribution in [2.24, 2.45) is 0 Å². The number of aromatic amines is 1. The molecule has 0 aliphatic rings. The van der Waals surface area contributed by atoms with Crippen molar-refractivity contribution in [2.45, 2.75) is 33.2 Å². The van der Waals surface area contributed by atoms with Crippen molar-refractivity contribution in [1.82, 2.24) is 19.7 Å². The van der Waals surface area contributed by atoms with E-state index in [1.165, 1.54) is 0 Å². The van der Waals surface area contributed by atoms with Crippen LogP contribution < -0.4 is 5.56 Å². The number of nitrogens with zero attached hydrogens (tertiary/aromatic N) is 3. The first-order chi connectivity index (χ1) is 8.65. The van der Waals surface area contributed by atoms with Crippen molar-refractivity contribution < 1.29 is 0 Å². The molecule has 2 heterocycles. The number of hydrogen-bond donors (Lipinski definition) is 1. The van der Waals surface area contributed by atoms with Gasteiger partial charge in [0.1, 0.15) is 5.82 Å². The predicted molar refractivity (Wildman–Crippen MR) is 78.5 cm³/mol. The van der Waals surface area contributed by atoms with Gasteiger partial charge in [-0.2, -0.15) is 5.10 Å². The fraction of sp³-hybridized carbons (Fsp3) is 0.417. The maximum absolute atomic E-state index is 11.9. The second kappa shape index (κ2) is 5.64. The number of nitrogens with one attached hydrogen (secondary N) is 1. The number of hydrogen-bond acceptors (Lipinski definition) is 3. The first-order valence-corrected chi connectivity index (χ1v) is 7.05. The molecule has 2 rings (SSSR count). The van der Waals surface area contributed by atoms with Crippen LogP contribution in [0.1, 0.15) is 26.0 Å². The maximum Gasteiger partial charge on any atom is 0.264 e. The third kappa shape index (κ3) is 2.63. The van der Waals surface area contributed by atoms with E-state index in [0.29, 0.717) is 9.39 Å². The summed E-state index contributed by atoms with van der Waals surface area (Å²) in [6.07, 6.45) is 5.41. The summed E-state index contributed by atoms with van der Waals surface area (Å²) in [5.74, 6) is 0.601. The van der Waals surface area contributed by atoms with Crippen LogP contribution in [0, 0.1) is 3.57 Å². The first kappa shape index (κ1) is 13.3. The van der Waals surface area contributed by atoms with E-state index in [4.69, 9.17) is 0 Å². The molecule has 0 saturated heterocycles. The molecule has 0 amide bonds. The van der Waals surface area contributed by atoms with Crippen molar-refractivity contribution in [3.05, 3.63) is 32.0 Å². The van der Waals surface area contributed by atoms with Crippen molar-refractivity contribution in [1.29, 1.82) is 0 Å². The van der Waals surface area contributed by atoms with E-state index in [0.717, 1.165) is 30.6 Å². The summed E-state index contributed by atoms with van der Waals surface area (Å²) >= 11 is 2.05. The zero-order chi connectivity index (χ0) is 13.1. The van der Waals surface area contributed by atoms with Crippen LogP contribution in [0.15, 0.2) is 17.2 Å². The highest BCUT2D eigenvalue weighted by Crippen LogP contribution is 2.15. The van der Waals surface area contributed by atoms with Gasteiger partial charge in [0.05, 0.1) is 21.0 Å². The molecule has 0 fully saturated rings. The Morgan fingerprint density at radius 1 is 1.44 bits per heavy atom. The van der Waals surface area contributed by atoms with E-state index < -0.39 is 0 Å². The summed E-state index contributed by atoms with van der Waals surface area (Å²) in [6, 6.07) is 0. The topological polar surface area (TPSA) is 63.6 Å². The van der Waals surface area contributed by atoms with Crippen LogP contribution in [0.4, 0.5) is 0 Å². The number of aryl methyl sites for hydroxylation is 2. The summed E-state index contributed by atoms with van der Waals surface area (Å²) < 4.78 is 2.49. The van der Waals surface area contributed by atoms with Crippen molar-refractivity contribution in [3.63, 3.8) is 0 Å². The molecule has 2 aromatic rings. The minimum absolute atomic E-state index is 0.0756. The van der Waals surface area contributed by atoms with Gasteiger partial charge in [0.2, 0.25) is 0 Å². The molecule has 0 saturated carbocycles. The third-order valence-corrected chi connectivity index (χ3v) is 3.76. The molecule has 1 N–H and O–H groups in total. The van der Waals surface area contributed by atoms with Crippen LogP contribution in [0.5, 0.6) is 0 Å². The highest BCUT2D eigenvalue weighted by Gasteiger charge is 2.10. The molecule has 2 aromatic heterocycles. The lowest BCUT2D eigenvalue weighted by atomic mass is 10.2. The van der Waals surface area contributed by atoms with Crippen LogP contribution in [-0.4, -0.2) is 19.7 Å². The molecule has 0 aliphatic heterocycles.